The zero-order chi connectivity index (χ0) is 63.5. The molecule has 0 amide bonds. The maximum absolute atomic E-state index is 20.0. The van der Waals surface area contributed by atoms with E-state index in [-0.39, 0.29) is 11.6 Å². The fourth-order valence-electron chi connectivity index (χ4n) is 16.8. The van der Waals surface area contributed by atoms with E-state index in [4.69, 9.17) is 17.5 Å². The molecule has 90 heavy (non-hydrogen) atoms. The molecular weight excluding hydrogens is 1140 g/mol. The first kappa shape index (κ1) is 74.6. The number of aromatic nitrogens is 4. The highest BCUT2D eigenvalue weighted by Gasteiger charge is 2.54. The SMILES string of the molecule is CCCCCCCCCCCCCCCC1(CCCCCCCCCCCCCCC)c2cc(C)c3nsnc3c2-c2c(F)c3c(c(F)c21)-c1c(cc(C)c2nsnc12)C3(CCCCCCCCCCCCCCC)CCCCCCCCCCCCCCC. The van der Waals surface area contributed by atoms with Crippen molar-refractivity contribution in [3.63, 3.8) is 0 Å². The Kier molecular flexibility index (Phi) is 35.3. The van der Waals surface area contributed by atoms with Gasteiger partial charge in [0.2, 0.25) is 0 Å². The van der Waals surface area contributed by atoms with Crippen LogP contribution in [0.25, 0.3) is 44.3 Å². The van der Waals surface area contributed by atoms with Crippen molar-refractivity contribution in [2.24, 2.45) is 0 Å². The van der Waals surface area contributed by atoms with Crippen LogP contribution >= 0.6 is 23.5 Å². The van der Waals surface area contributed by atoms with E-state index in [1.165, 1.54) is 306 Å². The van der Waals surface area contributed by atoms with Gasteiger partial charge in [0.25, 0.3) is 0 Å². The van der Waals surface area contributed by atoms with Gasteiger partial charge in [-0.1, -0.05) is 374 Å². The summed E-state index contributed by atoms with van der Waals surface area (Å²) in [7, 11) is 0. The Bertz CT molecular complexity index is 2510. The van der Waals surface area contributed by atoms with Crippen LogP contribution in [0.15, 0.2) is 12.1 Å². The first-order chi connectivity index (χ1) is 44.3. The van der Waals surface area contributed by atoms with Crippen molar-refractivity contribution in [1.82, 2.24) is 17.5 Å². The van der Waals surface area contributed by atoms with E-state index in [1.807, 2.05) is 0 Å². The summed E-state index contributed by atoms with van der Waals surface area (Å²) < 4.78 is 60.0. The zero-order valence-electron chi connectivity index (χ0n) is 59.1. The molecule has 0 atom stereocenters. The minimum atomic E-state index is -0.678. The van der Waals surface area contributed by atoms with Gasteiger partial charge in [-0.05, 0) is 61.8 Å². The Hall–Kier alpha value is -2.84. The highest BCUT2D eigenvalue weighted by atomic mass is 32.1. The van der Waals surface area contributed by atoms with Gasteiger partial charge in [0.1, 0.15) is 33.7 Å². The Morgan fingerprint density at radius 2 is 0.456 bits per heavy atom. The highest BCUT2D eigenvalue weighted by Crippen LogP contribution is 2.65. The molecule has 0 radical (unpaired) electrons. The molecule has 2 heterocycles. The van der Waals surface area contributed by atoms with Crippen LogP contribution in [-0.2, 0) is 10.8 Å². The minimum absolute atomic E-state index is 0.173. The van der Waals surface area contributed by atoms with E-state index < -0.39 is 10.8 Å². The van der Waals surface area contributed by atoms with E-state index in [1.54, 1.807) is 0 Å². The normalized spacial score (nSPS) is 13.8. The number of benzene rings is 3. The molecule has 0 spiro atoms. The van der Waals surface area contributed by atoms with Gasteiger partial charge in [-0.2, -0.15) is 17.5 Å². The van der Waals surface area contributed by atoms with E-state index >= 15 is 8.78 Å². The molecule has 4 nitrogen and oxygen atoms in total. The van der Waals surface area contributed by atoms with Crippen LogP contribution in [0.1, 0.15) is 421 Å². The second-order valence-corrected chi connectivity index (χ2v) is 30.5. The third kappa shape index (κ3) is 21.1. The average Bonchev–Trinajstić information content (AvgIpc) is 1.50. The van der Waals surface area contributed by atoms with Gasteiger partial charge < -0.3 is 0 Å². The topological polar surface area (TPSA) is 51.6 Å². The number of unbranched alkanes of at least 4 members (excludes halogenated alkanes) is 48. The maximum Gasteiger partial charge on any atom is 0.136 e. The second-order valence-electron chi connectivity index (χ2n) is 29.4. The summed E-state index contributed by atoms with van der Waals surface area (Å²) in [6.45, 7) is 13.5. The number of hydrogen-bond donors (Lipinski definition) is 0. The Labute approximate surface area is 559 Å². The standard InChI is InChI=1S/C82H132F2N4S2/c1-7-11-15-19-23-27-31-35-39-43-47-51-55-59-81(60-56-52-48-44-40-36-32-28-24-20-16-12-8-2)67-63-65(5)77-79(87-89-85-77)69(67)71-73(81)75(83)72-70-68(64-66(6)78-80(70)88-90-86-78)82(74(72)76(71)84,61-57-53-49-45-41-37-33-29-25-21-17-13-9-3)62-58-54-50-46-42-38-34-30-26-22-18-14-10-4/h63-64H,7-62H2,1-6H3. The predicted molar refractivity (Wildman–Crippen MR) is 391 cm³/mol. The van der Waals surface area contributed by atoms with Crippen LogP contribution in [0.5, 0.6) is 0 Å². The monoisotopic (exact) mass is 1270 g/mol. The van der Waals surface area contributed by atoms with Gasteiger partial charge in [-0.25, -0.2) is 8.78 Å². The molecule has 0 fully saturated rings. The van der Waals surface area contributed by atoms with Crippen molar-refractivity contribution in [3.8, 4) is 22.3 Å². The molecule has 2 aliphatic carbocycles. The molecule has 8 heteroatoms. The molecular formula is C82H132F2N4S2. The summed E-state index contributed by atoms with van der Waals surface area (Å²) in [6, 6.07) is 4.67. The Balaban J connectivity index is 1.21. The number of rotatable bonds is 56. The smallest absolute Gasteiger partial charge is 0.136 e. The van der Waals surface area contributed by atoms with Crippen molar-refractivity contribution in [1.29, 1.82) is 0 Å². The van der Waals surface area contributed by atoms with Crippen molar-refractivity contribution < 1.29 is 8.78 Å². The summed E-state index contributed by atoms with van der Waals surface area (Å²) in [5.74, 6) is -0.346. The molecule has 0 unspecified atom stereocenters. The van der Waals surface area contributed by atoms with Gasteiger partial charge in [-0.15, -0.1) is 0 Å². The summed E-state index contributed by atoms with van der Waals surface area (Å²) in [4.78, 5) is 0. The number of aryl methyl sites for hydroxylation is 2. The van der Waals surface area contributed by atoms with Crippen molar-refractivity contribution >= 4 is 45.5 Å². The van der Waals surface area contributed by atoms with Gasteiger partial charge in [0, 0.05) is 44.2 Å². The largest absolute Gasteiger partial charge is 0.206 e. The number of halogens is 2. The Morgan fingerprint density at radius 1 is 0.267 bits per heavy atom. The molecule has 0 bridgehead atoms. The van der Waals surface area contributed by atoms with E-state index in [2.05, 4.69) is 53.7 Å². The summed E-state index contributed by atoms with van der Waals surface area (Å²) >= 11 is 2.47. The van der Waals surface area contributed by atoms with Gasteiger partial charge in [-0.3, -0.25) is 0 Å². The third-order valence-electron chi connectivity index (χ3n) is 22.2. The molecule has 0 saturated heterocycles. The molecule has 7 rings (SSSR count). The molecule has 3 aromatic carbocycles. The number of fused-ring (bicyclic) bond motifs is 10. The van der Waals surface area contributed by atoms with Crippen LogP contribution in [0.3, 0.4) is 0 Å². The van der Waals surface area contributed by atoms with Crippen LogP contribution in [-0.4, -0.2) is 17.5 Å². The van der Waals surface area contributed by atoms with E-state index in [0.29, 0.717) is 22.3 Å². The maximum atomic E-state index is 20.0. The summed E-state index contributed by atoms with van der Waals surface area (Å²) in [5, 5.41) is 0. The predicted octanol–water partition coefficient (Wildman–Crippen LogP) is 29.0. The number of nitrogens with zero attached hydrogens (tertiary/aromatic N) is 4. The van der Waals surface area contributed by atoms with Crippen molar-refractivity contribution in [2.45, 2.75) is 412 Å². The van der Waals surface area contributed by atoms with Crippen molar-refractivity contribution in [3.05, 3.63) is 57.1 Å². The summed E-state index contributed by atoms with van der Waals surface area (Å²) in [5.41, 5.74) is 10.3. The molecule has 506 valence electrons. The first-order valence-electron chi connectivity index (χ1n) is 39.4. The fourth-order valence-corrected chi connectivity index (χ4v) is 18.1. The van der Waals surface area contributed by atoms with E-state index in [0.717, 1.165) is 132 Å². The molecule has 5 aromatic rings. The Morgan fingerprint density at radius 3 is 0.667 bits per heavy atom. The minimum Gasteiger partial charge on any atom is -0.206 e. The molecule has 0 saturated carbocycles. The van der Waals surface area contributed by atoms with Crippen LogP contribution in [0.2, 0.25) is 0 Å². The lowest BCUT2D eigenvalue weighted by molar-refractivity contribution is 0.374. The van der Waals surface area contributed by atoms with Gasteiger partial charge in [0.05, 0.1) is 23.5 Å². The van der Waals surface area contributed by atoms with Gasteiger partial charge in [0.15, 0.2) is 0 Å². The van der Waals surface area contributed by atoms with Crippen LogP contribution in [0.4, 0.5) is 8.78 Å². The quantitative estimate of drug-likeness (QED) is 0.0364. The lowest BCUT2D eigenvalue weighted by atomic mass is 9.68. The average molecular weight is 1280 g/mol. The van der Waals surface area contributed by atoms with Crippen LogP contribution < -0.4 is 0 Å². The highest BCUT2D eigenvalue weighted by molar-refractivity contribution is 7.00. The third-order valence-corrected chi connectivity index (χ3v) is 23.2. The van der Waals surface area contributed by atoms with Gasteiger partial charge >= 0.3 is 0 Å². The molecule has 2 aliphatic rings. The molecule has 0 N–H and O–H groups in total. The fraction of sp³-hybridized carbons (Fsp3) is 0.780. The second kappa shape index (κ2) is 42.6. The molecule has 2 aromatic heterocycles. The van der Waals surface area contributed by atoms with Crippen LogP contribution in [0, 0.1) is 25.5 Å². The van der Waals surface area contributed by atoms with Crippen molar-refractivity contribution in [2.75, 3.05) is 0 Å². The number of hydrogen-bond acceptors (Lipinski definition) is 6. The lowest BCUT2D eigenvalue weighted by Crippen LogP contribution is -2.29. The zero-order valence-corrected chi connectivity index (χ0v) is 60.7. The van der Waals surface area contributed by atoms with E-state index in [9.17, 15) is 0 Å². The molecule has 0 aliphatic heterocycles. The first-order valence-corrected chi connectivity index (χ1v) is 40.9. The summed E-state index contributed by atoms with van der Waals surface area (Å²) in [6.07, 6.45) is 70.2. The lowest BCUT2D eigenvalue weighted by Gasteiger charge is -2.35.